The van der Waals surface area contributed by atoms with Crippen LogP contribution in [0.2, 0.25) is 5.02 Å². The fourth-order valence-corrected chi connectivity index (χ4v) is 3.83. The Bertz CT molecular complexity index is 310. The first-order valence-corrected chi connectivity index (χ1v) is 7.22. The maximum Gasteiger partial charge on any atom is 0.0406 e. The third kappa shape index (κ3) is 3.61. The van der Waals surface area contributed by atoms with Gasteiger partial charge in [-0.05, 0) is 37.0 Å². The summed E-state index contributed by atoms with van der Waals surface area (Å²) in [6, 6.07) is 8.16. The third-order valence-electron chi connectivity index (χ3n) is 2.76. The molecule has 0 radical (unpaired) electrons. The predicted molar refractivity (Wildman–Crippen MR) is 73.2 cm³/mol. The lowest BCUT2D eigenvalue weighted by Crippen LogP contribution is -1.97. The molecule has 0 aromatic heterocycles. The van der Waals surface area contributed by atoms with E-state index in [1.807, 2.05) is 12.1 Å². The topological polar surface area (TPSA) is 0 Å². The van der Waals surface area contributed by atoms with E-state index in [9.17, 15) is 0 Å². The molecular formula is C12H15ClS2. The second kappa shape index (κ2) is 5.51. The van der Waals surface area contributed by atoms with Gasteiger partial charge in [-0.15, -0.1) is 0 Å². The number of thiol groups is 1. The number of thioether (sulfide) groups is 1. The van der Waals surface area contributed by atoms with Gasteiger partial charge in [-0.3, -0.25) is 0 Å². The van der Waals surface area contributed by atoms with Gasteiger partial charge in [0.2, 0.25) is 0 Å². The van der Waals surface area contributed by atoms with Gasteiger partial charge in [-0.2, -0.15) is 24.4 Å². The molecule has 2 atom stereocenters. The molecule has 1 saturated carbocycles. The Kier molecular flexibility index (Phi) is 4.30. The van der Waals surface area contributed by atoms with Crippen LogP contribution in [0, 0.1) is 0 Å². The van der Waals surface area contributed by atoms with Crippen LogP contribution in [0.4, 0.5) is 0 Å². The molecule has 1 aromatic rings. The van der Waals surface area contributed by atoms with Crippen LogP contribution in [0.1, 0.15) is 24.8 Å². The normalized spacial score (nSPS) is 25.7. The molecule has 82 valence electrons. The molecule has 15 heavy (non-hydrogen) atoms. The fraction of sp³-hybridized carbons (Fsp3) is 0.500. The van der Waals surface area contributed by atoms with E-state index in [-0.39, 0.29) is 0 Å². The quantitative estimate of drug-likeness (QED) is 0.783. The molecule has 2 unspecified atom stereocenters. The number of benzene rings is 1. The van der Waals surface area contributed by atoms with Crippen molar-refractivity contribution in [2.45, 2.75) is 35.5 Å². The standard InChI is InChI=1S/C12H15ClS2/c13-10-3-1-9(2-4-10)8-15-12-6-5-11(14)7-12/h1-4,11-12,14H,5-8H2. The van der Waals surface area contributed by atoms with Crippen LogP contribution < -0.4 is 0 Å². The van der Waals surface area contributed by atoms with Crippen molar-refractivity contribution in [2.75, 3.05) is 0 Å². The number of hydrogen-bond donors (Lipinski definition) is 1. The van der Waals surface area contributed by atoms with Gasteiger partial charge in [0.25, 0.3) is 0 Å². The summed E-state index contributed by atoms with van der Waals surface area (Å²) < 4.78 is 0. The van der Waals surface area contributed by atoms with E-state index in [0.29, 0.717) is 5.25 Å². The van der Waals surface area contributed by atoms with Crippen LogP contribution in [0.5, 0.6) is 0 Å². The van der Waals surface area contributed by atoms with Gasteiger partial charge in [0.05, 0.1) is 0 Å². The SMILES string of the molecule is SC1CCC(SCc2ccc(Cl)cc2)C1. The zero-order chi connectivity index (χ0) is 10.7. The van der Waals surface area contributed by atoms with Crippen molar-refractivity contribution in [1.82, 2.24) is 0 Å². The number of halogens is 1. The van der Waals surface area contributed by atoms with E-state index in [1.165, 1.54) is 24.8 Å². The van der Waals surface area contributed by atoms with Crippen LogP contribution in [0.15, 0.2) is 24.3 Å². The lowest BCUT2D eigenvalue weighted by atomic mass is 10.2. The highest BCUT2D eigenvalue weighted by atomic mass is 35.5. The summed E-state index contributed by atoms with van der Waals surface area (Å²) in [6.45, 7) is 0. The molecule has 2 rings (SSSR count). The molecule has 1 aromatic carbocycles. The minimum atomic E-state index is 0.632. The van der Waals surface area contributed by atoms with E-state index in [2.05, 4.69) is 36.5 Å². The Morgan fingerprint density at radius 2 is 2.00 bits per heavy atom. The third-order valence-corrected chi connectivity index (χ3v) is 4.88. The molecule has 1 aliphatic rings. The highest BCUT2D eigenvalue weighted by Gasteiger charge is 2.21. The summed E-state index contributed by atoms with van der Waals surface area (Å²) in [5.41, 5.74) is 1.37. The van der Waals surface area contributed by atoms with Crippen molar-refractivity contribution in [3.63, 3.8) is 0 Å². The van der Waals surface area contributed by atoms with Crippen molar-refractivity contribution in [1.29, 1.82) is 0 Å². The maximum absolute atomic E-state index is 5.84. The van der Waals surface area contributed by atoms with Gasteiger partial charge < -0.3 is 0 Å². The van der Waals surface area contributed by atoms with E-state index >= 15 is 0 Å². The predicted octanol–water partition coefficient (Wildman–Crippen LogP) is 4.42. The average Bonchev–Trinajstić information content (AvgIpc) is 2.64. The first-order valence-electron chi connectivity index (χ1n) is 5.28. The van der Waals surface area contributed by atoms with Gasteiger partial charge >= 0.3 is 0 Å². The van der Waals surface area contributed by atoms with E-state index in [0.717, 1.165) is 16.0 Å². The van der Waals surface area contributed by atoms with Crippen LogP contribution in [-0.4, -0.2) is 10.5 Å². The van der Waals surface area contributed by atoms with Gasteiger partial charge in [-0.25, -0.2) is 0 Å². The van der Waals surface area contributed by atoms with Gasteiger partial charge in [-0.1, -0.05) is 23.7 Å². The molecule has 1 fully saturated rings. The lowest BCUT2D eigenvalue weighted by molar-refractivity contribution is 0.903. The Labute approximate surface area is 106 Å². The minimum absolute atomic E-state index is 0.632. The summed E-state index contributed by atoms with van der Waals surface area (Å²) >= 11 is 12.4. The summed E-state index contributed by atoms with van der Waals surface area (Å²) in [5.74, 6) is 1.10. The summed E-state index contributed by atoms with van der Waals surface area (Å²) in [5, 5.41) is 2.26. The first-order chi connectivity index (χ1) is 7.24. The highest BCUT2D eigenvalue weighted by Crippen LogP contribution is 2.34. The molecular weight excluding hydrogens is 244 g/mol. The summed E-state index contributed by atoms with van der Waals surface area (Å²) in [7, 11) is 0. The molecule has 0 saturated heterocycles. The zero-order valence-electron chi connectivity index (χ0n) is 8.53. The molecule has 0 aliphatic heterocycles. The van der Waals surface area contributed by atoms with Crippen LogP contribution >= 0.6 is 36.0 Å². The summed E-state index contributed by atoms with van der Waals surface area (Å²) in [4.78, 5) is 0. The zero-order valence-corrected chi connectivity index (χ0v) is 11.0. The molecule has 0 spiro atoms. The van der Waals surface area contributed by atoms with E-state index in [4.69, 9.17) is 11.6 Å². The van der Waals surface area contributed by atoms with Crippen molar-refractivity contribution >= 4 is 36.0 Å². The lowest BCUT2D eigenvalue weighted by Gasteiger charge is -2.08. The van der Waals surface area contributed by atoms with E-state index < -0.39 is 0 Å². The molecule has 0 nitrogen and oxygen atoms in total. The molecule has 3 heteroatoms. The smallest absolute Gasteiger partial charge is 0.0406 e. The number of rotatable bonds is 3. The highest BCUT2D eigenvalue weighted by molar-refractivity contribution is 7.99. The largest absolute Gasteiger partial charge is 0.176 e. The Hall–Kier alpha value is 0.210. The second-order valence-electron chi connectivity index (χ2n) is 4.03. The second-order valence-corrected chi connectivity index (χ2v) is 6.48. The van der Waals surface area contributed by atoms with Crippen molar-refractivity contribution in [3.8, 4) is 0 Å². The van der Waals surface area contributed by atoms with Gasteiger partial charge in [0.15, 0.2) is 0 Å². The molecule has 1 aliphatic carbocycles. The van der Waals surface area contributed by atoms with Crippen molar-refractivity contribution in [2.24, 2.45) is 0 Å². The van der Waals surface area contributed by atoms with Crippen molar-refractivity contribution < 1.29 is 0 Å². The Balaban J connectivity index is 1.80. The average molecular weight is 259 g/mol. The molecule has 0 N–H and O–H groups in total. The fourth-order valence-electron chi connectivity index (χ4n) is 1.86. The molecule has 0 bridgehead atoms. The van der Waals surface area contributed by atoms with Gasteiger partial charge in [0.1, 0.15) is 0 Å². The number of hydrogen-bond acceptors (Lipinski definition) is 2. The van der Waals surface area contributed by atoms with Crippen LogP contribution in [-0.2, 0) is 5.75 Å². The van der Waals surface area contributed by atoms with Crippen LogP contribution in [0.25, 0.3) is 0 Å². The van der Waals surface area contributed by atoms with Crippen LogP contribution in [0.3, 0.4) is 0 Å². The van der Waals surface area contributed by atoms with E-state index in [1.54, 1.807) is 0 Å². The monoisotopic (exact) mass is 258 g/mol. The minimum Gasteiger partial charge on any atom is -0.176 e. The Morgan fingerprint density at radius 3 is 2.60 bits per heavy atom. The molecule has 0 amide bonds. The summed E-state index contributed by atoms with van der Waals surface area (Å²) in [6.07, 6.45) is 3.87. The van der Waals surface area contributed by atoms with Gasteiger partial charge in [0, 0.05) is 21.3 Å². The first kappa shape index (κ1) is 11.7. The maximum atomic E-state index is 5.84. The van der Waals surface area contributed by atoms with Crippen molar-refractivity contribution in [3.05, 3.63) is 34.9 Å². The Morgan fingerprint density at radius 1 is 1.27 bits per heavy atom. The molecule has 0 heterocycles.